The molecular formula is C14H30N2O. The van der Waals surface area contributed by atoms with E-state index in [2.05, 4.69) is 37.9 Å². The van der Waals surface area contributed by atoms with E-state index in [1.165, 1.54) is 25.9 Å². The highest BCUT2D eigenvalue weighted by atomic mass is 16.5. The molecule has 0 aromatic heterocycles. The topological polar surface area (TPSA) is 24.5 Å². The maximum atomic E-state index is 5.43. The van der Waals surface area contributed by atoms with Crippen LogP contribution in [0.5, 0.6) is 0 Å². The Morgan fingerprint density at radius 3 is 2.76 bits per heavy atom. The Kier molecular flexibility index (Phi) is 6.45. The number of nitrogens with zero attached hydrogens (tertiary/aromatic N) is 1. The normalized spacial score (nSPS) is 22.9. The number of ether oxygens (including phenoxy) is 1. The maximum Gasteiger partial charge on any atom is 0.0593 e. The molecule has 0 bridgehead atoms. The molecule has 0 radical (unpaired) electrons. The second kappa shape index (κ2) is 7.34. The number of piperidine rings is 1. The van der Waals surface area contributed by atoms with Gasteiger partial charge in [0.05, 0.1) is 6.61 Å². The first-order chi connectivity index (χ1) is 8.01. The zero-order valence-electron chi connectivity index (χ0n) is 12.1. The first-order valence-corrected chi connectivity index (χ1v) is 7.06. The Morgan fingerprint density at radius 1 is 1.35 bits per heavy atom. The van der Waals surface area contributed by atoms with E-state index in [1.807, 2.05) is 0 Å². The predicted octanol–water partition coefficient (Wildman–Crippen LogP) is 2.12. The van der Waals surface area contributed by atoms with Crippen molar-refractivity contribution in [1.29, 1.82) is 0 Å². The Bertz CT molecular complexity index is 201. The molecular weight excluding hydrogens is 212 g/mol. The van der Waals surface area contributed by atoms with Crippen molar-refractivity contribution < 1.29 is 4.74 Å². The highest BCUT2D eigenvalue weighted by Gasteiger charge is 2.21. The first kappa shape index (κ1) is 14.9. The lowest BCUT2D eigenvalue weighted by Gasteiger charge is -2.34. The van der Waals surface area contributed by atoms with E-state index in [4.69, 9.17) is 4.74 Å². The van der Waals surface area contributed by atoms with Crippen LogP contribution in [0, 0.1) is 5.92 Å². The van der Waals surface area contributed by atoms with Crippen LogP contribution in [-0.2, 0) is 4.74 Å². The van der Waals surface area contributed by atoms with Crippen LogP contribution < -0.4 is 5.32 Å². The zero-order valence-corrected chi connectivity index (χ0v) is 12.1. The van der Waals surface area contributed by atoms with E-state index in [9.17, 15) is 0 Å². The summed E-state index contributed by atoms with van der Waals surface area (Å²) < 4.78 is 5.43. The van der Waals surface area contributed by atoms with E-state index >= 15 is 0 Å². The Labute approximate surface area is 107 Å². The van der Waals surface area contributed by atoms with Crippen LogP contribution in [0.1, 0.15) is 40.5 Å². The van der Waals surface area contributed by atoms with Crippen molar-refractivity contribution in [2.45, 2.75) is 46.1 Å². The smallest absolute Gasteiger partial charge is 0.0593 e. The molecule has 0 amide bonds. The fraction of sp³-hybridized carbons (Fsp3) is 1.00. The van der Waals surface area contributed by atoms with Crippen molar-refractivity contribution in [2.24, 2.45) is 5.92 Å². The number of nitrogens with one attached hydrogen (secondary N) is 1. The number of rotatable bonds is 6. The van der Waals surface area contributed by atoms with E-state index < -0.39 is 0 Å². The molecule has 1 fully saturated rings. The molecule has 0 spiro atoms. The van der Waals surface area contributed by atoms with E-state index in [0.29, 0.717) is 0 Å². The second-order valence-corrected chi connectivity index (χ2v) is 6.14. The summed E-state index contributed by atoms with van der Waals surface area (Å²) in [4.78, 5) is 2.55. The summed E-state index contributed by atoms with van der Waals surface area (Å²) in [6.45, 7) is 15.2. The maximum absolute atomic E-state index is 5.43. The van der Waals surface area contributed by atoms with Gasteiger partial charge in [0.15, 0.2) is 0 Å². The molecule has 17 heavy (non-hydrogen) atoms. The molecule has 0 saturated carbocycles. The van der Waals surface area contributed by atoms with Crippen LogP contribution in [-0.4, -0.2) is 49.8 Å². The highest BCUT2D eigenvalue weighted by molar-refractivity contribution is 4.78. The van der Waals surface area contributed by atoms with Crippen molar-refractivity contribution in [3.8, 4) is 0 Å². The third-order valence-corrected chi connectivity index (χ3v) is 3.28. The minimum Gasteiger partial charge on any atom is -0.380 e. The molecule has 1 heterocycles. The molecule has 3 heteroatoms. The summed E-state index contributed by atoms with van der Waals surface area (Å²) in [7, 11) is 0. The summed E-state index contributed by atoms with van der Waals surface area (Å²) in [6.07, 6.45) is 2.71. The third kappa shape index (κ3) is 7.02. The molecule has 1 saturated heterocycles. The molecule has 1 rings (SSSR count). The average molecular weight is 242 g/mol. The van der Waals surface area contributed by atoms with Crippen molar-refractivity contribution in [3.05, 3.63) is 0 Å². The van der Waals surface area contributed by atoms with Crippen LogP contribution in [0.15, 0.2) is 0 Å². The van der Waals surface area contributed by atoms with Crippen molar-refractivity contribution in [3.63, 3.8) is 0 Å². The molecule has 0 aromatic rings. The fourth-order valence-corrected chi connectivity index (χ4v) is 2.31. The summed E-state index contributed by atoms with van der Waals surface area (Å²) in [5.41, 5.74) is 0.244. The summed E-state index contributed by atoms with van der Waals surface area (Å²) in [5.74, 6) is 0.810. The molecule has 1 N–H and O–H groups in total. The fourth-order valence-electron chi connectivity index (χ4n) is 2.31. The Morgan fingerprint density at radius 2 is 2.12 bits per heavy atom. The van der Waals surface area contributed by atoms with Crippen molar-refractivity contribution in [1.82, 2.24) is 10.2 Å². The molecule has 102 valence electrons. The van der Waals surface area contributed by atoms with Gasteiger partial charge in [0.1, 0.15) is 0 Å². The van der Waals surface area contributed by atoms with Crippen LogP contribution in [0.4, 0.5) is 0 Å². The zero-order chi connectivity index (χ0) is 12.7. The monoisotopic (exact) mass is 242 g/mol. The highest BCUT2D eigenvalue weighted by Crippen LogP contribution is 2.16. The molecule has 1 unspecified atom stereocenters. The van der Waals surface area contributed by atoms with E-state index in [1.54, 1.807) is 0 Å². The molecule has 1 aliphatic heterocycles. The number of likely N-dealkylation sites (tertiary alicyclic amines) is 1. The molecule has 0 aliphatic carbocycles. The number of hydrogen-bond donors (Lipinski definition) is 1. The molecule has 1 aliphatic rings. The summed E-state index contributed by atoms with van der Waals surface area (Å²) in [6, 6.07) is 0. The summed E-state index contributed by atoms with van der Waals surface area (Å²) >= 11 is 0. The van der Waals surface area contributed by atoms with Crippen molar-refractivity contribution in [2.75, 3.05) is 39.4 Å². The van der Waals surface area contributed by atoms with E-state index in [-0.39, 0.29) is 5.54 Å². The van der Waals surface area contributed by atoms with Gasteiger partial charge in [-0.25, -0.2) is 0 Å². The van der Waals surface area contributed by atoms with Gasteiger partial charge in [-0.2, -0.15) is 0 Å². The van der Waals surface area contributed by atoms with E-state index in [0.717, 1.165) is 32.2 Å². The minimum atomic E-state index is 0.244. The van der Waals surface area contributed by atoms with Gasteiger partial charge in [-0.3, -0.25) is 0 Å². The van der Waals surface area contributed by atoms with Gasteiger partial charge in [-0.05, 0) is 59.5 Å². The largest absolute Gasteiger partial charge is 0.380 e. The van der Waals surface area contributed by atoms with Gasteiger partial charge in [0, 0.05) is 25.2 Å². The SMILES string of the molecule is CCOCCN1CCCC(CNC(C)(C)C)C1. The lowest BCUT2D eigenvalue weighted by Crippen LogP contribution is -2.45. The Hall–Kier alpha value is -0.120. The second-order valence-electron chi connectivity index (χ2n) is 6.14. The van der Waals surface area contributed by atoms with Gasteiger partial charge in [0.25, 0.3) is 0 Å². The van der Waals surface area contributed by atoms with Crippen LogP contribution in [0.25, 0.3) is 0 Å². The van der Waals surface area contributed by atoms with Gasteiger partial charge in [-0.1, -0.05) is 0 Å². The van der Waals surface area contributed by atoms with Crippen LogP contribution in [0.3, 0.4) is 0 Å². The summed E-state index contributed by atoms with van der Waals surface area (Å²) in [5, 5.41) is 3.62. The average Bonchev–Trinajstić information content (AvgIpc) is 2.27. The first-order valence-electron chi connectivity index (χ1n) is 7.06. The standard InChI is InChI=1S/C14H30N2O/c1-5-17-10-9-16-8-6-7-13(12-16)11-15-14(2,3)4/h13,15H,5-12H2,1-4H3. The Balaban J connectivity index is 2.19. The lowest BCUT2D eigenvalue weighted by atomic mass is 9.96. The predicted molar refractivity (Wildman–Crippen MR) is 73.4 cm³/mol. The van der Waals surface area contributed by atoms with Gasteiger partial charge < -0.3 is 15.0 Å². The van der Waals surface area contributed by atoms with Crippen molar-refractivity contribution >= 4 is 0 Å². The molecule has 0 aromatic carbocycles. The lowest BCUT2D eigenvalue weighted by molar-refractivity contribution is 0.0904. The molecule has 1 atom stereocenters. The minimum absolute atomic E-state index is 0.244. The quantitative estimate of drug-likeness (QED) is 0.722. The van der Waals surface area contributed by atoms with Gasteiger partial charge in [0.2, 0.25) is 0 Å². The molecule has 3 nitrogen and oxygen atoms in total. The number of hydrogen-bond acceptors (Lipinski definition) is 3. The van der Waals surface area contributed by atoms with Gasteiger partial charge >= 0.3 is 0 Å². The van der Waals surface area contributed by atoms with Gasteiger partial charge in [-0.15, -0.1) is 0 Å². The van der Waals surface area contributed by atoms with Crippen LogP contribution >= 0.6 is 0 Å². The van der Waals surface area contributed by atoms with Crippen LogP contribution in [0.2, 0.25) is 0 Å². The third-order valence-electron chi connectivity index (χ3n) is 3.28.